The van der Waals surface area contributed by atoms with Crippen molar-refractivity contribution in [2.24, 2.45) is 0 Å². The van der Waals surface area contributed by atoms with Gasteiger partial charge in [0, 0.05) is 6.20 Å². The molecule has 9 heteroatoms. The number of aromatic nitrogens is 3. The molecule has 0 aliphatic rings. The van der Waals surface area contributed by atoms with Crippen LogP contribution in [0.4, 0.5) is 19.0 Å². The standard InChI is InChI=1S/C20H17F3N4O2/c1-11-6-5-9-24-18(11)25-19(29)17(28)16-12(2)26-27(13(16)3)15-8-4-7-14(10-15)20(21,22)23/h4-10H,1-3H3,(H,24,25,29). The predicted molar refractivity (Wildman–Crippen MR) is 100.0 cm³/mol. The third-order valence-corrected chi connectivity index (χ3v) is 4.38. The van der Waals surface area contributed by atoms with Crippen LogP contribution in [0.1, 0.15) is 32.9 Å². The number of aryl methyl sites for hydroxylation is 2. The number of rotatable bonds is 4. The highest BCUT2D eigenvalue weighted by Crippen LogP contribution is 2.31. The Bertz CT molecular complexity index is 1100. The number of carbonyl (C=O) groups excluding carboxylic acids is 2. The zero-order valence-corrected chi connectivity index (χ0v) is 15.8. The Morgan fingerprint density at radius 1 is 1.07 bits per heavy atom. The number of halogens is 3. The van der Waals surface area contributed by atoms with Crippen LogP contribution in [0, 0.1) is 20.8 Å². The molecule has 150 valence electrons. The van der Waals surface area contributed by atoms with Gasteiger partial charge in [-0.25, -0.2) is 9.67 Å². The van der Waals surface area contributed by atoms with Crippen LogP contribution in [0.2, 0.25) is 0 Å². The van der Waals surface area contributed by atoms with Crippen molar-refractivity contribution in [3.05, 3.63) is 70.7 Å². The second kappa shape index (κ2) is 7.50. The molecular formula is C20H17F3N4O2. The van der Waals surface area contributed by atoms with Crippen LogP contribution in [0.5, 0.6) is 0 Å². The minimum atomic E-state index is -4.51. The minimum absolute atomic E-state index is 0.0356. The largest absolute Gasteiger partial charge is 0.416 e. The summed E-state index contributed by atoms with van der Waals surface area (Å²) in [5, 5.41) is 6.62. The average Bonchev–Trinajstić information content (AvgIpc) is 2.96. The molecule has 2 heterocycles. The van der Waals surface area contributed by atoms with Gasteiger partial charge in [-0.15, -0.1) is 0 Å². The van der Waals surface area contributed by atoms with Gasteiger partial charge in [-0.05, 0) is 50.6 Å². The van der Waals surface area contributed by atoms with Gasteiger partial charge in [0.25, 0.3) is 11.7 Å². The van der Waals surface area contributed by atoms with Crippen molar-refractivity contribution in [2.75, 3.05) is 5.32 Å². The SMILES string of the molecule is Cc1cccnc1NC(=O)C(=O)c1c(C)nn(-c2cccc(C(F)(F)F)c2)c1C. The fraction of sp³-hybridized carbons (Fsp3) is 0.200. The lowest BCUT2D eigenvalue weighted by molar-refractivity contribution is -0.137. The van der Waals surface area contributed by atoms with Gasteiger partial charge in [-0.3, -0.25) is 9.59 Å². The molecule has 0 aliphatic heterocycles. The van der Waals surface area contributed by atoms with E-state index in [-0.39, 0.29) is 28.5 Å². The van der Waals surface area contributed by atoms with Gasteiger partial charge in [-0.2, -0.15) is 18.3 Å². The number of anilines is 1. The van der Waals surface area contributed by atoms with Crippen LogP contribution in [-0.2, 0) is 11.0 Å². The third kappa shape index (κ3) is 4.03. The first-order valence-electron chi connectivity index (χ1n) is 8.60. The van der Waals surface area contributed by atoms with Crippen molar-refractivity contribution >= 4 is 17.5 Å². The number of carbonyl (C=O) groups is 2. The van der Waals surface area contributed by atoms with E-state index in [1.807, 2.05) is 0 Å². The summed E-state index contributed by atoms with van der Waals surface area (Å²) >= 11 is 0. The van der Waals surface area contributed by atoms with Crippen LogP contribution >= 0.6 is 0 Å². The molecule has 2 aromatic heterocycles. The number of hydrogen-bond acceptors (Lipinski definition) is 4. The number of benzene rings is 1. The van der Waals surface area contributed by atoms with Crippen molar-refractivity contribution < 1.29 is 22.8 Å². The summed E-state index contributed by atoms with van der Waals surface area (Å²) in [5.41, 5.74) is 0.520. The molecule has 1 aromatic carbocycles. The monoisotopic (exact) mass is 402 g/mol. The number of Topliss-reactive ketones (excluding diaryl/α,β-unsaturated/α-hetero) is 1. The summed E-state index contributed by atoms with van der Waals surface area (Å²) in [7, 11) is 0. The van der Waals surface area contributed by atoms with E-state index in [4.69, 9.17) is 0 Å². The predicted octanol–water partition coefficient (Wildman–Crippen LogP) is 4.03. The molecule has 0 saturated carbocycles. The Labute approximate surface area is 164 Å². The van der Waals surface area contributed by atoms with Crippen molar-refractivity contribution in [3.63, 3.8) is 0 Å². The maximum Gasteiger partial charge on any atom is 0.416 e. The lowest BCUT2D eigenvalue weighted by Crippen LogP contribution is -2.25. The van der Waals surface area contributed by atoms with Crippen LogP contribution in [0.3, 0.4) is 0 Å². The number of ketones is 1. The van der Waals surface area contributed by atoms with Gasteiger partial charge >= 0.3 is 6.18 Å². The zero-order valence-electron chi connectivity index (χ0n) is 15.8. The molecule has 1 amide bonds. The highest BCUT2D eigenvalue weighted by molar-refractivity contribution is 6.47. The van der Waals surface area contributed by atoms with Crippen LogP contribution in [0.25, 0.3) is 5.69 Å². The molecule has 3 aromatic rings. The van der Waals surface area contributed by atoms with E-state index in [0.717, 1.165) is 12.1 Å². The van der Waals surface area contributed by atoms with E-state index < -0.39 is 23.4 Å². The molecule has 0 bridgehead atoms. The molecule has 0 unspecified atom stereocenters. The molecule has 6 nitrogen and oxygen atoms in total. The van der Waals surface area contributed by atoms with Crippen molar-refractivity contribution in [1.29, 1.82) is 0 Å². The highest BCUT2D eigenvalue weighted by atomic mass is 19.4. The van der Waals surface area contributed by atoms with Crippen LogP contribution in [-0.4, -0.2) is 26.5 Å². The van der Waals surface area contributed by atoms with Gasteiger partial charge in [0.2, 0.25) is 0 Å². The molecular weight excluding hydrogens is 385 g/mol. The van der Waals surface area contributed by atoms with Gasteiger partial charge in [-0.1, -0.05) is 12.1 Å². The molecule has 0 radical (unpaired) electrons. The lowest BCUT2D eigenvalue weighted by Gasteiger charge is -2.10. The molecule has 0 fully saturated rings. The number of hydrogen-bond donors (Lipinski definition) is 1. The molecule has 0 atom stereocenters. The number of nitrogens with zero attached hydrogens (tertiary/aromatic N) is 3. The fourth-order valence-corrected chi connectivity index (χ4v) is 2.93. The van der Waals surface area contributed by atoms with Gasteiger partial charge < -0.3 is 5.32 Å². The molecule has 0 aliphatic carbocycles. The Hall–Kier alpha value is -3.49. The topological polar surface area (TPSA) is 76.9 Å². The van der Waals surface area contributed by atoms with Crippen molar-refractivity contribution in [3.8, 4) is 5.69 Å². The van der Waals surface area contributed by atoms with E-state index in [2.05, 4.69) is 15.4 Å². The quantitative estimate of drug-likeness (QED) is 0.528. The fourth-order valence-electron chi connectivity index (χ4n) is 2.93. The first kappa shape index (κ1) is 20.2. The van der Waals surface area contributed by atoms with E-state index >= 15 is 0 Å². The number of alkyl halides is 3. The molecule has 29 heavy (non-hydrogen) atoms. The molecule has 0 spiro atoms. The van der Waals surface area contributed by atoms with Gasteiger partial charge in [0.1, 0.15) is 5.82 Å². The number of nitrogens with one attached hydrogen (secondary N) is 1. The van der Waals surface area contributed by atoms with E-state index in [1.54, 1.807) is 19.1 Å². The molecule has 0 saturated heterocycles. The smallest absolute Gasteiger partial charge is 0.303 e. The summed E-state index contributed by atoms with van der Waals surface area (Å²) in [6, 6.07) is 8.01. The van der Waals surface area contributed by atoms with Crippen LogP contribution in [0.15, 0.2) is 42.6 Å². The summed E-state index contributed by atoms with van der Waals surface area (Å²) in [6.45, 7) is 4.77. The Kier molecular flexibility index (Phi) is 5.23. The summed E-state index contributed by atoms with van der Waals surface area (Å²) in [4.78, 5) is 29.1. The second-order valence-corrected chi connectivity index (χ2v) is 6.46. The van der Waals surface area contributed by atoms with E-state index in [1.165, 1.54) is 36.9 Å². The number of amides is 1. The molecule has 1 N–H and O–H groups in total. The maximum atomic E-state index is 13.0. The minimum Gasteiger partial charge on any atom is -0.303 e. The van der Waals surface area contributed by atoms with Crippen molar-refractivity contribution in [1.82, 2.24) is 14.8 Å². The summed E-state index contributed by atoms with van der Waals surface area (Å²) in [5.74, 6) is -1.49. The normalized spacial score (nSPS) is 11.4. The second-order valence-electron chi connectivity index (χ2n) is 6.46. The first-order valence-corrected chi connectivity index (χ1v) is 8.60. The average molecular weight is 402 g/mol. The molecule has 3 rings (SSSR count). The highest BCUT2D eigenvalue weighted by Gasteiger charge is 2.31. The van der Waals surface area contributed by atoms with E-state index in [0.29, 0.717) is 5.56 Å². The van der Waals surface area contributed by atoms with E-state index in [9.17, 15) is 22.8 Å². The Morgan fingerprint density at radius 3 is 2.45 bits per heavy atom. The maximum absolute atomic E-state index is 13.0. The van der Waals surface area contributed by atoms with Crippen molar-refractivity contribution in [2.45, 2.75) is 26.9 Å². The third-order valence-electron chi connectivity index (χ3n) is 4.38. The summed E-state index contributed by atoms with van der Waals surface area (Å²) in [6.07, 6.45) is -3.03. The van der Waals surface area contributed by atoms with Crippen LogP contribution < -0.4 is 5.32 Å². The Morgan fingerprint density at radius 2 is 1.79 bits per heavy atom. The summed E-state index contributed by atoms with van der Waals surface area (Å²) < 4.78 is 40.2. The first-order chi connectivity index (χ1) is 13.6. The number of pyridine rings is 1. The Balaban J connectivity index is 1.95. The lowest BCUT2D eigenvalue weighted by atomic mass is 10.1. The van der Waals surface area contributed by atoms with Gasteiger partial charge in [0.15, 0.2) is 0 Å². The van der Waals surface area contributed by atoms with Gasteiger partial charge in [0.05, 0.1) is 28.2 Å². The zero-order chi connectivity index (χ0) is 21.3.